The van der Waals surface area contributed by atoms with Gasteiger partial charge in [-0.05, 0) is 36.7 Å². The maximum atomic E-state index is 3.44. The number of rotatable bonds is 2. The van der Waals surface area contributed by atoms with Crippen LogP contribution in [0.3, 0.4) is 0 Å². The Kier molecular flexibility index (Phi) is 3.97. The molecule has 0 radical (unpaired) electrons. The van der Waals surface area contributed by atoms with Gasteiger partial charge in [-0.2, -0.15) is 0 Å². The summed E-state index contributed by atoms with van der Waals surface area (Å²) in [7, 11) is 2.16. The third-order valence-electron chi connectivity index (χ3n) is 2.81. The molecule has 0 fully saturated rings. The van der Waals surface area contributed by atoms with Crippen molar-refractivity contribution in [3.8, 4) is 0 Å². The zero-order chi connectivity index (χ0) is 11.4. The lowest BCUT2D eigenvalue weighted by molar-refractivity contribution is 0.361. The van der Waals surface area contributed by atoms with Crippen LogP contribution in [0.15, 0.2) is 46.5 Å². The monoisotopic (exact) mass is 277 g/mol. The lowest BCUT2D eigenvalue weighted by Gasteiger charge is -2.20. The van der Waals surface area contributed by atoms with Crippen molar-refractivity contribution in [1.29, 1.82) is 0 Å². The van der Waals surface area contributed by atoms with Gasteiger partial charge in [0.05, 0.1) is 0 Å². The largest absolute Gasteiger partial charge is 0.302 e. The highest BCUT2D eigenvalue weighted by molar-refractivity contribution is 9.10. The summed E-state index contributed by atoms with van der Waals surface area (Å²) in [5.74, 6) is 0. The second kappa shape index (κ2) is 5.46. The van der Waals surface area contributed by atoms with E-state index in [2.05, 4.69) is 70.4 Å². The van der Waals surface area contributed by atoms with Crippen LogP contribution >= 0.6 is 15.9 Å². The van der Waals surface area contributed by atoms with E-state index in [0.717, 1.165) is 24.0 Å². The first-order valence-electron chi connectivity index (χ1n) is 5.55. The molecular weight excluding hydrogens is 262 g/mol. The molecular formula is C14H16BrN. The summed E-state index contributed by atoms with van der Waals surface area (Å²) in [5, 5.41) is 0. The van der Waals surface area contributed by atoms with Crippen molar-refractivity contribution in [2.24, 2.45) is 0 Å². The van der Waals surface area contributed by atoms with Gasteiger partial charge in [0.2, 0.25) is 0 Å². The first-order valence-corrected chi connectivity index (χ1v) is 6.34. The third-order valence-corrected chi connectivity index (χ3v) is 3.34. The van der Waals surface area contributed by atoms with Gasteiger partial charge >= 0.3 is 0 Å². The van der Waals surface area contributed by atoms with E-state index in [1.807, 2.05) is 0 Å². The standard InChI is InChI=1S/C14H16BrN/c1-16-10-8-13(9-11-16)3-2-12-4-6-14(15)7-5-12/h2-8H,9-11H2,1H3. The average molecular weight is 278 g/mol. The van der Waals surface area contributed by atoms with Crippen LogP contribution in [0.1, 0.15) is 12.0 Å². The van der Waals surface area contributed by atoms with Gasteiger partial charge in [0.15, 0.2) is 0 Å². The maximum absolute atomic E-state index is 3.44. The van der Waals surface area contributed by atoms with E-state index in [0.29, 0.717) is 0 Å². The van der Waals surface area contributed by atoms with Crippen molar-refractivity contribution < 1.29 is 0 Å². The molecule has 0 spiro atoms. The minimum absolute atomic E-state index is 1.07. The lowest BCUT2D eigenvalue weighted by Crippen LogP contribution is -2.23. The normalized spacial score (nSPS) is 17.8. The number of nitrogens with zero attached hydrogens (tertiary/aromatic N) is 1. The molecule has 0 saturated carbocycles. The van der Waals surface area contributed by atoms with E-state index >= 15 is 0 Å². The number of allylic oxidation sites excluding steroid dienone is 1. The summed E-state index contributed by atoms with van der Waals surface area (Å²) in [6.07, 6.45) is 7.88. The Hall–Kier alpha value is -0.860. The molecule has 1 aromatic carbocycles. The molecule has 0 saturated heterocycles. The Morgan fingerprint density at radius 3 is 2.56 bits per heavy atom. The maximum Gasteiger partial charge on any atom is 0.0175 e. The molecule has 0 amide bonds. The molecule has 0 unspecified atom stereocenters. The van der Waals surface area contributed by atoms with Crippen molar-refractivity contribution in [3.05, 3.63) is 52.0 Å². The van der Waals surface area contributed by atoms with Crippen LogP contribution in [0.4, 0.5) is 0 Å². The highest BCUT2D eigenvalue weighted by Crippen LogP contribution is 2.15. The predicted octanol–water partition coefficient (Wildman–Crippen LogP) is 3.72. The highest BCUT2D eigenvalue weighted by atomic mass is 79.9. The number of likely N-dealkylation sites (N-methyl/N-ethyl adjacent to an activating group) is 1. The van der Waals surface area contributed by atoms with E-state index in [9.17, 15) is 0 Å². The van der Waals surface area contributed by atoms with Crippen molar-refractivity contribution >= 4 is 22.0 Å². The molecule has 2 heteroatoms. The van der Waals surface area contributed by atoms with Crippen molar-refractivity contribution in [2.45, 2.75) is 6.42 Å². The molecule has 0 aromatic heterocycles. The van der Waals surface area contributed by atoms with Crippen LogP contribution in [-0.2, 0) is 0 Å². The van der Waals surface area contributed by atoms with Gasteiger partial charge in [-0.1, -0.05) is 46.3 Å². The van der Waals surface area contributed by atoms with E-state index in [-0.39, 0.29) is 0 Å². The summed E-state index contributed by atoms with van der Waals surface area (Å²) >= 11 is 3.44. The summed E-state index contributed by atoms with van der Waals surface area (Å²) in [5.41, 5.74) is 2.70. The molecule has 0 N–H and O–H groups in total. The van der Waals surface area contributed by atoms with Gasteiger partial charge in [0.1, 0.15) is 0 Å². The lowest BCUT2D eigenvalue weighted by atomic mass is 10.1. The van der Waals surface area contributed by atoms with Crippen molar-refractivity contribution in [2.75, 3.05) is 20.1 Å². The second-order valence-corrected chi connectivity index (χ2v) is 5.09. The quantitative estimate of drug-likeness (QED) is 0.797. The van der Waals surface area contributed by atoms with Crippen LogP contribution in [0.5, 0.6) is 0 Å². The molecule has 1 aliphatic heterocycles. The predicted molar refractivity (Wildman–Crippen MR) is 73.4 cm³/mol. The van der Waals surface area contributed by atoms with Crippen LogP contribution in [0.25, 0.3) is 6.08 Å². The molecule has 1 heterocycles. The topological polar surface area (TPSA) is 3.24 Å². The smallest absolute Gasteiger partial charge is 0.0175 e. The van der Waals surface area contributed by atoms with E-state index < -0.39 is 0 Å². The fourth-order valence-corrected chi connectivity index (χ4v) is 1.98. The van der Waals surface area contributed by atoms with Gasteiger partial charge in [-0.15, -0.1) is 0 Å². The van der Waals surface area contributed by atoms with Crippen LogP contribution < -0.4 is 0 Å². The zero-order valence-corrected chi connectivity index (χ0v) is 11.1. The first-order chi connectivity index (χ1) is 7.74. The summed E-state index contributed by atoms with van der Waals surface area (Å²) < 4.78 is 1.13. The minimum Gasteiger partial charge on any atom is -0.302 e. The van der Waals surface area contributed by atoms with E-state index in [1.54, 1.807) is 0 Å². The zero-order valence-electron chi connectivity index (χ0n) is 9.49. The second-order valence-electron chi connectivity index (χ2n) is 4.18. The van der Waals surface area contributed by atoms with E-state index in [4.69, 9.17) is 0 Å². The third kappa shape index (κ3) is 3.32. The molecule has 1 nitrogen and oxygen atoms in total. The van der Waals surface area contributed by atoms with Crippen molar-refractivity contribution in [3.63, 3.8) is 0 Å². The van der Waals surface area contributed by atoms with Crippen molar-refractivity contribution in [1.82, 2.24) is 4.90 Å². The molecule has 84 valence electrons. The molecule has 16 heavy (non-hydrogen) atoms. The average Bonchev–Trinajstić information content (AvgIpc) is 2.30. The van der Waals surface area contributed by atoms with Crippen LogP contribution in [0.2, 0.25) is 0 Å². The number of hydrogen-bond acceptors (Lipinski definition) is 1. The minimum atomic E-state index is 1.07. The Bertz CT molecular complexity index is 403. The first kappa shape index (κ1) is 11.6. The Morgan fingerprint density at radius 1 is 1.19 bits per heavy atom. The van der Waals surface area contributed by atoms with Gasteiger partial charge in [-0.25, -0.2) is 0 Å². The summed E-state index contributed by atoms with van der Waals surface area (Å²) in [6, 6.07) is 8.39. The Balaban J connectivity index is 2.01. The number of halogens is 1. The Labute approximate surface area is 106 Å². The number of hydrogen-bond donors (Lipinski definition) is 0. The van der Waals surface area contributed by atoms with Crippen LogP contribution in [0, 0.1) is 0 Å². The molecule has 0 bridgehead atoms. The van der Waals surface area contributed by atoms with E-state index in [1.165, 1.54) is 11.1 Å². The summed E-state index contributed by atoms with van der Waals surface area (Å²) in [6.45, 7) is 2.23. The number of benzene rings is 1. The SMILES string of the molecule is CN1CC=C(C=Cc2ccc(Br)cc2)CC1. The molecule has 1 aliphatic rings. The van der Waals surface area contributed by atoms with Gasteiger partial charge < -0.3 is 4.90 Å². The highest BCUT2D eigenvalue weighted by Gasteiger charge is 2.04. The molecule has 1 aromatic rings. The fourth-order valence-electron chi connectivity index (χ4n) is 1.71. The van der Waals surface area contributed by atoms with Gasteiger partial charge in [0, 0.05) is 17.6 Å². The Morgan fingerprint density at radius 2 is 1.94 bits per heavy atom. The van der Waals surface area contributed by atoms with Crippen LogP contribution in [-0.4, -0.2) is 25.0 Å². The van der Waals surface area contributed by atoms with Gasteiger partial charge in [0.25, 0.3) is 0 Å². The molecule has 0 aliphatic carbocycles. The molecule has 0 atom stereocenters. The molecule has 2 rings (SSSR count). The summed E-state index contributed by atoms with van der Waals surface area (Å²) in [4.78, 5) is 2.33. The fraction of sp³-hybridized carbons (Fsp3) is 0.286. The van der Waals surface area contributed by atoms with Gasteiger partial charge in [-0.3, -0.25) is 0 Å².